The van der Waals surface area contributed by atoms with Gasteiger partial charge in [-0.2, -0.15) is 5.10 Å². The second-order valence-corrected chi connectivity index (χ2v) is 6.59. The lowest BCUT2D eigenvalue weighted by atomic mass is 10.1. The van der Waals surface area contributed by atoms with Crippen LogP contribution in [-0.2, 0) is 16.1 Å². The summed E-state index contributed by atoms with van der Waals surface area (Å²) in [6.07, 6.45) is 0.803. The minimum Gasteiger partial charge on any atom is -0.488 e. The molecule has 5 nitrogen and oxygen atoms in total. The average Bonchev–Trinajstić information content (AvgIpc) is 2.75. The highest BCUT2D eigenvalue weighted by molar-refractivity contribution is 6.31. The Hall–Kier alpha value is -3.15. The highest BCUT2D eigenvalue weighted by Gasteiger charge is 2.19. The normalized spacial score (nSPS) is 11.9. The van der Waals surface area contributed by atoms with Crippen LogP contribution in [0, 0.1) is 0 Å². The number of benzene rings is 3. The van der Waals surface area contributed by atoms with Gasteiger partial charge < -0.3 is 9.47 Å². The number of carbonyl (C=O) groups excluding carboxylic acids is 1. The molecule has 0 bridgehead atoms. The molecule has 3 aromatic rings. The van der Waals surface area contributed by atoms with E-state index in [1.807, 2.05) is 78.9 Å². The number of hydrazone groups is 1. The second kappa shape index (κ2) is 10.4. The number of nitrogens with one attached hydrogen (secondary N) is 1. The van der Waals surface area contributed by atoms with Gasteiger partial charge in [-0.25, -0.2) is 5.43 Å². The maximum atomic E-state index is 12.4. The van der Waals surface area contributed by atoms with E-state index in [-0.39, 0.29) is 5.91 Å². The van der Waals surface area contributed by atoms with Crippen LogP contribution in [0.3, 0.4) is 0 Å². The van der Waals surface area contributed by atoms with Crippen LogP contribution in [0.4, 0.5) is 0 Å². The smallest absolute Gasteiger partial charge is 0.273 e. The van der Waals surface area contributed by atoms with Gasteiger partial charge in [-0.3, -0.25) is 4.79 Å². The summed E-state index contributed by atoms with van der Waals surface area (Å²) in [5, 5.41) is 4.71. The zero-order chi connectivity index (χ0) is 20.5. The second-order valence-electron chi connectivity index (χ2n) is 6.18. The molecule has 148 valence electrons. The minimum absolute atomic E-state index is 0.330. The van der Waals surface area contributed by atoms with Gasteiger partial charge in [-0.05, 0) is 23.8 Å². The van der Waals surface area contributed by atoms with E-state index in [0.717, 1.165) is 16.7 Å². The number of carbonyl (C=O) groups is 1. The fourth-order valence-corrected chi connectivity index (χ4v) is 2.93. The first kappa shape index (κ1) is 20.6. The highest BCUT2D eigenvalue weighted by Crippen LogP contribution is 2.21. The van der Waals surface area contributed by atoms with Gasteiger partial charge >= 0.3 is 0 Å². The minimum atomic E-state index is -0.736. The molecule has 0 radical (unpaired) electrons. The number of rotatable bonds is 8. The molecule has 0 fully saturated rings. The van der Waals surface area contributed by atoms with Crippen LogP contribution in [0.25, 0.3) is 0 Å². The molecule has 0 heterocycles. The van der Waals surface area contributed by atoms with Gasteiger partial charge in [0.1, 0.15) is 12.4 Å². The van der Waals surface area contributed by atoms with E-state index in [1.165, 1.54) is 13.3 Å². The zero-order valence-electron chi connectivity index (χ0n) is 15.9. The third-order valence-electron chi connectivity index (χ3n) is 4.21. The van der Waals surface area contributed by atoms with Gasteiger partial charge in [0, 0.05) is 23.3 Å². The van der Waals surface area contributed by atoms with Gasteiger partial charge in [0.2, 0.25) is 0 Å². The largest absolute Gasteiger partial charge is 0.488 e. The Labute approximate surface area is 174 Å². The van der Waals surface area contributed by atoms with Crippen LogP contribution in [0.5, 0.6) is 5.75 Å². The van der Waals surface area contributed by atoms with E-state index in [2.05, 4.69) is 10.5 Å². The molecular weight excluding hydrogens is 388 g/mol. The predicted molar refractivity (Wildman–Crippen MR) is 114 cm³/mol. The lowest BCUT2D eigenvalue weighted by molar-refractivity contribution is -0.131. The van der Waals surface area contributed by atoms with Gasteiger partial charge in [0.15, 0.2) is 6.10 Å². The Bertz CT molecular complexity index is 977. The molecule has 1 amide bonds. The molecule has 0 saturated carbocycles. The molecule has 0 spiro atoms. The molecule has 0 saturated heterocycles. The molecule has 1 N–H and O–H groups in total. The molecule has 3 rings (SSSR count). The number of hydrogen-bond donors (Lipinski definition) is 1. The predicted octanol–water partition coefficient (Wildman–Crippen LogP) is 4.76. The summed E-state index contributed by atoms with van der Waals surface area (Å²) in [4.78, 5) is 12.4. The third-order valence-corrected chi connectivity index (χ3v) is 4.58. The third kappa shape index (κ3) is 5.67. The van der Waals surface area contributed by atoms with E-state index < -0.39 is 6.10 Å². The van der Waals surface area contributed by atoms with E-state index in [0.29, 0.717) is 17.4 Å². The number of hydrogen-bond acceptors (Lipinski definition) is 4. The Kier molecular flexibility index (Phi) is 7.39. The fraction of sp³-hybridized carbons (Fsp3) is 0.130. The summed E-state index contributed by atoms with van der Waals surface area (Å²) in [6, 6.07) is 24.2. The van der Waals surface area contributed by atoms with Crippen LogP contribution >= 0.6 is 11.6 Å². The van der Waals surface area contributed by atoms with Crippen LogP contribution in [0.2, 0.25) is 5.02 Å². The molecule has 6 heteroatoms. The van der Waals surface area contributed by atoms with Gasteiger partial charge in [0.25, 0.3) is 5.91 Å². The molecular formula is C23H21ClN2O3. The van der Waals surface area contributed by atoms with Crippen LogP contribution in [0.1, 0.15) is 22.8 Å². The number of amides is 1. The first-order chi connectivity index (χ1) is 14.2. The van der Waals surface area contributed by atoms with Crippen LogP contribution < -0.4 is 10.2 Å². The maximum absolute atomic E-state index is 12.4. The number of ether oxygens (including phenoxy) is 2. The molecule has 3 aromatic carbocycles. The zero-order valence-corrected chi connectivity index (χ0v) is 16.7. The number of methoxy groups -OCH3 is 1. The van der Waals surface area contributed by atoms with E-state index in [4.69, 9.17) is 21.1 Å². The number of para-hydroxylation sites is 1. The molecule has 1 atom stereocenters. The fourth-order valence-electron chi connectivity index (χ4n) is 2.74. The summed E-state index contributed by atoms with van der Waals surface area (Å²) in [7, 11) is 1.48. The van der Waals surface area contributed by atoms with Crippen molar-refractivity contribution in [2.24, 2.45) is 5.10 Å². The van der Waals surface area contributed by atoms with Crippen LogP contribution in [0.15, 0.2) is 84.0 Å². The van der Waals surface area contributed by atoms with Gasteiger partial charge in [-0.1, -0.05) is 72.3 Å². The van der Waals surface area contributed by atoms with Crippen LogP contribution in [-0.4, -0.2) is 19.2 Å². The first-order valence-electron chi connectivity index (χ1n) is 9.05. The van der Waals surface area contributed by atoms with Crippen molar-refractivity contribution in [2.75, 3.05) is 7.11 Å². The van der Waals surface area contributed by atoms with Crippen molar-refractivity contribution in [1.29, 1.82) is 0 Å². The maximum Gasteiger partial charge on any atom is 0.273 e. The quantitative estimate of drug-likeness (QED) is 0.432. The monoisotopic (exact) mass is 408 g/mol. The highest BCUT2D eigenvalue weighted by atomic mass is 35.5. The summed E-state index contributed by atoms with van der Waals surface area (Å²) >= 11 is 6.18. The topological polar surface area (TPSA) is 59.9 Å². The lowest BCUT2D eigenvalue weighted by Gasteiger charge is -2.13. The van der Waals surface area contributed by atoms with Crippen molar-refractivity contribution in [3.05, 3.63) is 101 Å². The standard InChI is InChI=1S/C23H21ClN2O3/c1-28-22(17-9-3-2-4-10-17)23(27)26-25-15-18-11-6-8-14-21(18)29-16-19-12-5-7-13-20(19)24/h2-15,22H,16H2,1H3,(H,26,27)/b25-15-/t22-/m0/s1. The Morgan fingerprint density at radius 3 is 2.48 bits per heavy atom. The summed E-state index contributed by atoms with van der Waals surface area (Å²) in [5.41, 5.74) is 4.89. The van der Waals surface area contributed by atoms with Gasteiger partial charge in [-0.15, -0.1) is 0 Å². The van der Waals surface area contributed by atoms with Crippen molar-refractivity contribution in [3.8, 4) is 5.75 Å². The Morgan fingerprint density at radius 2 is 1.72 bits per heavy atom. The van der Waals surface area contributed by atoms with E-state index in [9.17, 15) is 4.79 Å². The first-order valence-corrected chi connectivity index (χ1v) is 9.42. The van der Waals surface area contributed by atoms with Crippen molar-refractivity contribution < 1.29 is 14.3 Å². The van der Waals surface area contributed by atoms with Crippen molar-refractivity contribution in [2.45, 2.75) is 12.7 Å². The summed E-state index contributed by atoms with van der Waals surface area (Å²) in [6.45, 7) is 0.330. The Morgan fingerprint density at radius 1 is 1.03 bits per heavy atom. The van der Waals surface area contributed by atoms with Gasteiger partial charge in [0.05, 0.1) is 6.21 Å². The molecule has 0 aromatic heterocycles. The van der Waals surface area contributed by atoms with E-state index >= 15 is 0 Å². The SMILES string of the molecule is CO[C@H](C(=O)N/N=C\c1ccccc1OCc1ccccc1Cl)c1ccccc1. The van der Waals surface area contributed by atoms with Crippen molar-refractivity contribution in [1.82, 2.24) is 5.43 Å². The molecule has 0 aliphatic rings. The summed E-state index contributed by atoms with van der Waals surface area (Å²) in [5.74, 6) is 0.279. The van der Waals surface area contributed by atoms with E-state index in [1.54, 1.807) is 0 Å². The molecule has 29 heavy (non-hydrogen) atoms. The average molecular weight is 409 g/mol. The molecule has 0 aliphatic heterocycles. The molecule has 0 unspecified atom stereocenters. The number of halogens is 1. The molecule has 0 aliphatic carbocycles. The van der Waals surface area contributed by atoms with Crippen molar-refractivity contribution >= 4 is 23.7 Å². The lowest BCUT2D eigenvalue weighted by Crippen LogP contribution is -2.26. The number of nitrogens with zero attached hydrogens (tertiary/aromatic N) is 1. The summed E-state index contributed by atoms with van der Waals surface area (Å²) < 4.78 is 11.2. The van der Waals surface area contributed by atoms with Crippen molar-refractivity contribution in [3.63, 3.8) is 0 Å². The Balaban J connectivity index is 1.65.